The third-order valence-corrected chi connectivity index (χ3v) is 3.62. The van der Waals surface area contributed by atoms with E-state index in [1.165, 1.54) is 0 Å². The Morgan fingerprint density at radius 3 is 2.48 bits per heavy atom. The zero-order chi connectivity index (χ0) is 16.8. The molecule has 0 aliphatic rings. The van der Waals surface area contributed by atoms with Gasteiger partial charge >= 0.3 is 0 Å². The highest BCUT2D eigenvalue weighted by atomic mass is 16.2. The molecule has 0 unspecified atom stereocenters. The summed E-state index contributed by atoms with van der Waals surface area (Å²) in [6.07, 6.45) is 1.78. The highest BCUT2D eigenvalue weighted by Gasteiger charge is 2.13. The van der Waals surface area contributed by atoms with Crippen LogP contribution in [0.5, 0.6) is 0 Å². The number of carbonyl (C=O) groups excluding carboxylic acids is 2. The van der Waals surface area contributed by atoms with Crippen LogP contribution in [0.3, 0.4) is 0 Å². The molecule has 122 valence electrons. The van der Waals surface area contributed by atoms with Gasteiger partial charge in [0.15, 0.2) is 0 Å². The van der Waals surface area contributed by atoms with Crippen LogP contribution in [-0.2, 0) is 11.3 Å². The van der Waals surface area contributed by atoms with Crippen molar-refractivity contribution in [2.75, 3.05) is 11.9 Å². The lowest BCUT2D eigenvalue weighted by molar-refractivity contribution is -0.116. The third kappa shape index (κ3) is 4.42. The number of nitrogens with zero attached hydrogens (tertiary/aromatic N) is 2. The molecule has 2 N–H and O–H groups in total. The minimum Gasteiger partial charge on any atom is -0.351 e. The molecule has 0 saturated heterocycles. The summed E-state index contributed by atoms with van der Waals surface area (Å²) in [4.78, 5) is 23.9. The maximum Gasteiger partial charge on any atom is 0.254 e. The number of hydrogen-bond donors (Lipinski definition) is 2. The first-order valence-corrected chi connectivity index (χ1v) is 7.68. The number of aryl methyl sites for hydroxylation is 2. The van der Waals surface area contributed by atoms with Crippen LogP contribution in [0, 0.1) is 13.8 Å². The fourth-order valence-electron chi connectivity index (χ4n) is 2.23. The summed E-state index contributed by atoms with van der Waals surface area (Å²) in [5, 5.41) is 9.69. The molecule has 0 spiro atoms. The van der Waals surface area contributed by atoms with Crippen molar-refractivity contribution in [3.63, 3.8) is 0 Å². The van der Waals surface area contributed by atoms with Gasteiger partial charge in [-0.2, -0.15) is 5.10 Å². The van der Waals surface area contributed by atoms with Gasteiger partial charge in [0.1, 0.15) is 0 Å². The Bertz CT molecular complexity index is 689. The second-order valence-electron chi connectivity index (χ2n) is 5.38. The molecule has 0 aliphatic heterocycles. The van der Waals surface area contributed by atoms with Crippen LogP contribution < -0.4 is 10.6 Å². The van der Waals surface area contributed by atoms with E-state index >= 15 is 0 Å². The van der Waals surface area contributed by atoms with E-state index in [9.17, 15) is 9.59 Å². The van der Waals surface area contributed by atoms with Gasteiger partial charge in [0, 0.05) is 30.9 Å². The molecule has 0 aliphatic carbocycles. The normalized spacial score (nSPS) is 10.4. The molecule has 1 aromatic heterocycles. The lowest BCUT2D eigenvalue weighted by atomic mass is 10.2. The van der Waals surface area contributed by atoms with E-state index in [1.54, 1.807) is 10.9 Å². The fourth-order valence-corrected chi connectivity index (χ4v) is 2.23. The summed E-state index contributed by atoms with van der Waals surface area (Å²) >= 11 is 0. The van der Waals surface area contributed by atoms with Gasteiger partial charge in [-0.1, -0.05) is 17.7 Å². The number of rotatable bonds is 6. The Kier molecular flexibility index (Phi) is 5.51. The topological polar surface area (TPSA) is 76.0 Å². The molecule has 6 heteroatoms. The van der Waals surface area contributed by atoms with Crippen LogP contribution in [0.15, 0.2) is 30.5 Å². The van der Waals surface area contributed by atoms with E-state index in [1.807, 2.05) is 45.0 Å². The largest absolute Gasteiger partial charge is 0.351 e. The number of benzene rings is 1. The van der Waals surface area contributed by atoms with Crippen LogP contribution in [-0.4, -0.2) is 28.1 Å². The maximum atomic E-state index is 12.1. The van der Waals surface area contributed by atoms with E-state index in [-0.39, 0.29) is 24.8 Å². The molecule has 0 atom stereocenters. The van der Waals surface area contributed by atoms with Gasteiger partial charge in [-0.3, -0.25) is 14.3 Å². The Hall–Kier alpha value is -2.63. The fraction of sp³-hybridized carbons (Fsp3) is 0.353. The number of hydrogen-bond acceptors (Lipinski definition) is 3. The molecule has 1 heterocycles. The van der Waals surface area contributed by atoms with Gasteiger partial charge in [-0.05, 0) is 32.9 Å². The summed E-state index contributed by atoms with van der Waals surface area (Å²) in [5.74, 6) is -0.333. The first-order valence-electron chi connectivity index (χ1n) is 7.68. The Morgan fingerprint density at radius 2 is 1.87 bits per heavy atom. The van der Waals surface area contributed by atoms with Crippen molar-refractivity contribution in [2.45, 2.75) is 33.7 Å². The lowest BCUT2D eigenvalue weighted by Gasteiger charge is -2.07. The average Bonchev–Trinajstić information content (AvgIpc) is 2.90. The van der Waals surface area contributed by atoms with Crippen molar-refractivity contribution in [1.82, 2.24) is 15.1 Å². The molecule has 0 saturated carbocycles. The van der Waals surface area contributed by atoms with Crippen LogP contribution in [0.4, 0.5) is 5.69 Å². The number of carbonyl (C=O) groups is 2. The van der Waals surface area contributed by atoms with Crippen molar-refractivity contribution in [3.05, 3.63) is 47.3 Å². The lowest BCUT2D eigenvalue weighted by Crippen LogP contribution is -2.28. The second kappa shape index (κ2) is 7.58. The number of anilines is 1. The van der Waals surface area contributed by atoms with Gasteiger partial charge in [0.05, 0.1) is 11.8 Å². The smallest absolute Gasteiger partial charge is 0.254 e. The zero-order valence-corrected chi connectivity index (χ0v) is 13.7. The van der Waals surface area contributed by atoms with E-state index in [2.05, 4.69) is 15.7 Å². The van der Waals surface area contributed by atoms with Crippen LogP contribution in [0.1, 0.15) is 35.0 Å². The highest BCUT2D eigenvalue weighted by Crippen LogP contribution is 2.09. The van der Waals surface area contributed by atoms with Crippen molar-refractivity contribution >= 4 is 17.5 Å². The molecule has 0 radical (unpaired) electrons. The number of aromatic nitrogens is 2. The summed E-state index contributed by atoms with van der Waals surface area (Å²) in [6.45, 7) is 6.82. The molecule has 0 bridgehead atoms. The standard InChI is InChI=1S/C17H22N4O2/c1-4-21-13(3)15(11-19-21)17(23)18-10-9-16(22)20-14-7-5-12(2)6-8-14/h5-8,11H,4,9-10H2,1-3H3,(H,18,23)(H,20,22). The molecular weight excluding hydrogens is 292 g/mol. The Labute approximate surface area is 135 Å². The molecule has 2 rings (SSSR count). The highest BCUT2D eigenvalue weighted by molar-refractivity contribution is 5.96. The van der Waals surface area contributed by atoms with Gasteiger partial charge in [-0.15, -0.1) is 0 Å². The van der Waals surface area contributed by atoms with Crippen LogP contribution >= 0.6 is 0 Å². The zero-order valence-electron chi connectivity index (χ0n) is 13.7. The average molecular weight is 314 g/mol. The predicted molar refractivity (Wildman–Crippen MR) is 89.4 cm³/mol. The van der Waals surface area contributed by atoms with Crippen molar-refractivity contribution in [1.29, 1.82) is 0 Å². The second-order valence-corrected chi connectivity index (χ2v) is 5.38. The Morgan fingerprint density at radius 1 is 1.17 bits per heavy atom. The minimum atomic E-state index is -0.203. The van der Waals surface area contributed by atoms with Gasteiger partial charge in [-0.25, -0.2) is 0 Å². The summed E-state index contributed by atoms with van der Waals surface area (Å²) in [7, 11) is 0. The minimum absolute atomic E-state index is 0.130. The first-order chi connectivity index (χ1) is 11.0. The van der Waals surface area contributed by atoms with Gasteiger partial charge < -0.3 is 10.6 Å². The van der Waals surface area contributed by atoms with E-state index in [4.69, 9.17) is 0 Å². The molecule has 2 amide bonds. The summed E-state index contributed by atoms with van der Waals surface area (Å²) in [5.41, 5.74) is 3.27. The van der Waals surface area contributed by atoms with Crippen LogP contribution in [0.2, 0.25) is 0 Å². The molecule has 23 heavy (non-hydrogen) atoms. The van der Waals surface area contributed by atoms with E-state index < -0.39 is 0 Å². The molecule has 2 aromatic rings. The SMILES string of the molecule is CCn1ncc(C(=O)NCCC(=O)Nc2ccc(C)cc2)c1C. The number of nitrogens with one attached hydrogen (secondary N) is 2. The maximum absolute atomic E-state index is 12.1. The van der Waals surface area contributed by atoms with E-state index in [0.29, 0.717) is 5.56 Å². The molecule has 0 fully saturated rings. The van der Waals surface area contributed by atoms with Gasteiger partial charge in [0.2, 0.25) is 5.91 Å². The van der Waals surface area contributed by atoms with Crippen LogP contribution in [0.25, 0.3) is 0 Å². The molecule has 1 aromatic carbocycles. The molecule has 6 nitrogen and oxygen atoms in total. The van der Waals surface area contributed by atoms with Crippen molar-refractivity contribution in [3.8, 4) is 0 Å². The monoisotopic (exact) mass is 314 g/mol. The summed E-state index contributed by atoms with van der Waals surface area (Å²) in [6, 6.07) is 7.58. The quantitative estimate of drug-likeness (QED) is 0.859. The van der Waals surface area contributed by atoms with Gasteiger partial charge in [0.25, 0.3) is 5.91 Å². The first kappa shape index (κ1) is 16.7. The van der Waals surface area contributed by atoms with E-state index in [0.717, 1.165) is 23.5 Å². The number of amides is 2. The van der Waals surface area contributed by atoms with Crippen molar-refractivity contribution < 1.29 is 9.59 Å². The molecular formula is C17H22N4O2. The Balaban J connectivity index is 1.79. The third-order valence-electron chi connectivity index (χ3n) is 3.62. The van der Waals surface area contributed by atoms with Crippen molar-refractivity contribution in [2.24, 2.45) is 0 Å². The summed E-state index contributed by atoms with van der Waals surface area (Å²) < 4.78 is 1.76. The predicted octanol–water partition coefficient (Wildman–Crippen LogP) is 2.28.